The number of hydrogen-bond acceptors (Lipinski definition) is 3. The van der Waals surface area contributed by atoms with E-state index in [9.17, 15) is 0 Å². The fraction of sp³-hybridized carbons (Fsp3) is 0.273. The average molecular weight is 202 g/mol. The lowest BCUT2D eigenvalue weighted by atomic mass is 10.0. The molecule has 0 radical (unpaired) electrons. The van der Waals surface area contributed by atoms with Gasteiger partial charge in [0.25, 0.3) is 0 Å². The molecule has 14 heavy (non-hydrogen) atoms. The molecule has 0 aliphatic carbocycles. The van der Waals surface area contributed by atoms with E-state index in [4.69, 9.17) is 10.5 Å². The van der Waals surface area contributed by atoms with Crippen molar-refractivity contribution in [1.29, 1.82) is 10.5 Å². The molecule has 3 heteroatoms. The van der Waals surface area contributed by atoms with Crippen LogP contribution in [0.2, 0.25) is 0 Å². The van der Waals surface area contributed by atoms with Crippen LogP contribution in [0.25, 0.3) is 0 Å². The molecule has 0 spiro atoms. The first-order valence-electron chi connectivity index (χ1n) is 4.25. The summed E-state index contributed by atoms with van der Waals surface area (Å²) < 4.78 is 0. The summed E-state index contributed by atoms with van der Waals surface area (Å²) >= 11 is 1.12. The van der Waals surface area contributed by atoms with Crippen molar-refractivity contribution < 1.29 is 0 Å². The molecule has 0 bridgehead atoms. The van der Waals surface area contributed by atoms with E-state index in [1.165, 1.54) is 0 Å². The highest BCUT2D eigenvalue weighted by Crippen LogP contribution is 2.20. The summed E-state index contributed by atoms with van der Waals surface area (Å²) in [5, 5.41) is 19.3. The summed E-state index contributed by atoms with van der Waals surface area (Å²) in [7, 11) is 0. The Labute approximate surface area is 88.2 Å². The second-order valence-corrected chi connectivity index (χ2v) is 3.80. The van der Waals surface area contributed by atoms with Crippen molar-refractivity contribution in [3.63, 3.8) is 0 Å². The first-order valence-corrected chi connectivity index (χ1v) is 5.23. The van der Waals surface area contributed by atoms with Crippen LogP contribution in [0.15, 0.2) is 24.3 Å². The van der Waals surface area contributed by atoms with Gasteiger partial charge in [0.2, 0.25) is 0 Å². The normalized spacial score (nSPS) is 11.4. The fourth-order valence-corrected chi connectivity index (χ4v) is 1.72. The van der Waals surface area contributed by atoms with Crippen LogP contribution in [0.1, 0.15) is 17.0 Å². The standard InChI is InChI=1S/C11H10N2S/c1-9-3-2-4-10(5-9)11(6-12)7-14-8-13/h2-5,11H,7H2,1H3. The summed E-state index contributed by atoms with van der Waals surface area (Å²) in [5.74, 6) is 0.357. The quantitative estimate of drug-likeness (QED) is 0.708. The smallest absolute Gasteiger partial charge is 0.133 e. The highest BCUT2D eigenvalue weighted by Gasteiger charge is 2.10. The summed E-state index contributed by atoms with van der Waals surface area (Å²) in [6.07, 6.45) is 0. The van der Waals surface area contributed by atoms with E-state index in [0.717, 1.165) is 22.9 Å². The topological polar surface area (TPSA) is 47.6 Å². The number of thioether (sulfide) groups is 1. The minimum Gasteiger partial charge on any atom is -0.198 e. The van der Waals surface area contributed by atoms with Crippen molar-refractivity contribution >= 4 is 11.8 Å². The van der Waals surface area contributed by atoms with Crippen LogP contribution in [0.4, 0.5) is 0 Å². The lowest BCUT2D eigenvalue weighted by Crippen LogP contribution is -1.98. The van der Waals surface area contributed by atoms with Crippen molar-refractivity contribution in [2.75, 3.05) is 5.75 Å². The van der Waals surface area contributed by atoms with Gasteiger partial charge in [-0.05, 0) is 24.2 Å². The fourth-order valence-electron chi connectivity index (χ4n) is 1.22. The number of hydrogen-bond donors (Lipinski definition) is 0. The molecule has 1 atom stereocenters. The maximum atomic E-state index is 8.92. The van der Waals surface area contributed by atoms with Crippen LogP contribution >= 0.6 is 11.8 Å². The molecule has 70 valence electrons. The van der Waals surface area contributed by atoms with Gasteiger partial charge in [-0.25, -0.2) is 0 Å². The maximum Gasteiger partial charge on any atom is 0.133 e. The van der Waals surface area contributed by atoms with Crippen LogP contribution in [0, 0.1) is 28.9 Å². The Hall–Kier alpha value is -1.45. The van der Waals surface area contributed by atoms with Gasteiger partial charge in [0, 0.05) is 5.75 Å². The van der Waals surface area contributed by atoms with Gasteiger partial charge in [-0.1, -0.05) is 29.8 Å². The largest absolute Gasteiger partial charge is 0.198 e. The minimum atomic E-state index is -0.181. The molecule has 1 rings (SSSR count). The van der Waals surface area contributed by atoms with E-state index < -0.39 is 0 Å². The van der Waals surface area contributed by atoms with Crippen LogP contribution in [0.5, 0.6) is 0 Å². The summed E-state index contributed by atoms with van der Waals surface area (Å²) in [5.41, 5.74) is 2.14. The van der Waals surface area contributed by atoms with Gasteiger partial charge in [-0.15, -0.1) is 0 Å². The number of rotatable bonds is 3. The Bertz CT molecular complexity index is 387. The number of nitriles is 2. The molecule has 0 saturated heterocycles. The van der Waals surface area contributed by atoms with E-state index >= 15 is 0 Å². The molecule has 0 heterocycles. The minimum absolute atomic E-state index is 0.181. The summed E-state index contributed by atoms with van der Waals surface area (Å²) in [6.45, 7) is 2.00. The van der Waals surface area contributed by atoms with Gasteiger partial charge in [0.15, 0.2) is 0 Å². The number of nitrogens with zero attached hydrogens (tertiary/aromatic N) is 2. The van der Waals surface area contributed by atoms with Crippen LogP contribution in [0.3, 0.4) is 0 Å². The molecule has 0 saturated carbocycles. The Morgan fingerprint density at radius 2 is 2.21 bits per heavy atom. The monoisotopic (exact) mass is 202 g/mol. The number of thiocyanates is 1. The molecule has 2 nitrogen and oxygen atoms in total. The molecule has 0 N–H and O–H groups in total. The van der Waals surface area contributed by atoms with Gasteiger partial charge in [-0.3, -0.25) is 0 Å². The Balaban J connectivity index is 2.81. The van der Waals surface area contributed by atoms with Crippen LogP contribution in [-0.2, 0) is 0 Å². The van der Waals surface area contributed by atoms with Crippen molar-refractivity contribution in [3.05, 3.63) is 35.4 Å². The molecule has 1 unspecified atom stereocenters. The van der Waals surface area contributed by atoms with E-state index in [-0.39, 0.29) is 5.92 Å². The molecule has 0 aromatic heterocycles. The van der Waals surface area contributed by atoms with E-state index in [1.807, 2.05) is 36.6 Å². The third-order valence-electron chi connectivity index (χ3n) is 1.91. The SMILES string of the molecule is Cc1cccc(C(C#N)CSC#N)c1. The predicted octanol–water partition coefficient (Wildman–Crippen LogP) is 2.82. The first-order chi connectivity index (χ1) is 6.77. The highest BCUT2D eigenvalue weighted by molar-refractivity contribution is 8.03. The van der Waals surface area contributed by atoms with Crippen LogP contribution in [-0.4, -0.2) is 5.75 Å². The van der Waals surface area contributed by atoms with Crippen molar-refractivity contribution in [3.8, 4) is 11.5 Å². The van der Waals surface area contributed by atoms with Gasteiger partial charge < -0.3 is 0 Å². The molecular formula is C11H10N2S. The summed E-state index contributed by atoms with van der Waals surface area (Å²) in [6, 6.07) is 10.1. The van der Waals surface area contributed by atoms with Crippen molar-refractivity contribution in [2.45, 2.75) is 12.8 Å². The van der Waals surface area contributed by atoms with Crippen molar-refractivity contribution in [1.82, 2.24) is 0 Å². The molecule has 1 aromatic rings. The number of aryl methyl sites for hydroxylation is 1. The zero-order valence-electron chi connectivity index (χ0n) is 7.90. The van der Waals surface area contributed by atoms with Gasteiger partial charge in [0.05, 0.1) is 12.0 Å². The Morgan fingerprint density at radius 3 is 2.79 bits per heavy atom. The lowest BCUT2D eigenvalue weighted by Gasteiger charge is -2.06. The molecular weight excluding hydrogens is 192 g/mol. The van der Waals surface area contributed by atoms with Gasteiger partial charge in [-0.2, -0.15) is 10.5 Å². The predicted molar refractivity (Wildman–Crippen MR) is 57.6 cm³/mol. The molecule has 0 aliphatic heterocycles. The maximum absolute atomic E-state index is 8.92. The molecule has 0 fully saturated rings. The third-order valence-corrected chi connectivity index (χ3v) is 2.54. The van der Waals surface area contributed by atoms with E-state index in [2.05, 4.69) is 6.07 Å². The third kappa shape index (κ3) is 2.80. The Kier molecular flexibility index (Phi) is 4.04. The Morgan fingerprint density at radius 1 is 1.43 bits per heavy atom. The van der Waals surface area contributed by atoms with E-state index in [1.54, 1.807) is 0 Å². The number of benzene rings is 1. The molecule has 0 aliphatic rings. The second kappa shape index (κ2) is 5.32. The lowest BCUT2D eigenvalue weighted by molar-refractivity contribution is 0.996. The molecule has 0 amide bonds. The average Bonchev–Trinajstić information content (AvgIpc) is 2.19. The zero-order valence-corrected chi connectivity index (χ0v) is 8.71. The van der Waals surface area contributed by atoms with Crippen molar-refractivity contribution in [2.24, 2.45) is 0 Å². The van der Waals surface area contributed by atoms with Gasteiger partial charge in [0.1, 0.15) is 5.40 Å². The summed E-state index contributed by atoms with van der Waals surface area (Å²) in [4.78, 5) is 0. The first kappa shape index (κ1) is 10.6. The molecule has 1 aromatic carbocycles. The highest BCUT2D eigenvalue weighted by atomic mass is 32.2. The second-order valence-electron chi connectivity index (χ2n) is 3.00. The van der Waals surface area contributed by atoms with E-state index in [0.29, 0.717) is 5.75 Å². The van der Waals surface area contributed by atoms with Crippen LogP contribution < -0.4 is 0 Å². The zero-order chi connectivity index (χ0) is 10.4. The van der Waals surface area contributed by atoms with Gasteiger partial charge >= 0.3 is 0 Å².